The van der Waals surface area contributed by atoms with Gasteiger partial charge in [0.15, 0.2) is 0 Å². The van der Waals surface area contributed by atoms with Crippen LogP contribution in [0.2, 0.25) is 0 Å². The fraction of sp³-hybridized carbons (Fsp3) is 0.812. The lowest BCUT2D eigenvalue weighted by Gasteiger charge is -2.38. The molecule has 0 bridgehead atoms. The van der Waals surface area contributed by atoms with Gasteiger partial charge in [0.25, 0.3) is 0 Å². The van der Waals surface area contributed by atoms with Crippen LogP contribution in [0, 0.1) is 18.8 Å². The Morgan fingerprint density at radius 2 is 2.21 bits per heavy atom. The molecule has 19 heavy (non-hydrogen) atoms. The molecule has 3 nitrogen and oxygen atoms in total. The van der Waals surface area contributed by atoms with E-state index in [0.717, 1.165) is 24.1 Å². The summed E-state index contributed by atoms with van der Waals surface area (Å²) in [4.78, 5) is 0. The van der Waals surface area contributed by atoms with Crippen LogP contribution in [0.15, 0.2) is 12.3 Å². The van der Waals surface area contributed by atoms with E-state index in [-0.39, 0.29) is 0 Å². The van der Waals surface area contributed by atoms with Crippen molar-refractivity contribution in [2.45, 2.75) is 65.5 Å². The summed E-state index contributed by atoms with van der Waals surface area (Å²) in [5.41, 5.74) is 1.13. The van der Waals surface area contributed by atoms with Crippen molar-refractivity contribution in [1.29, 1.82) is 0 Å². The summed E-state index contributed by atoms with van der Waals surface area (Å²) in [5.74, 6) is 1.63. The summed E-state index contributed by atoms with van der Waals surface area (Å²) in [6.07, 6.45) is 7.26. The van der Waals surface area contributed by atoms with Crippen LogP contribution < -0.4 is 5.32 Å². The van der Waals surface area contributed by atoms with Gasteiger partial charge < -0.3 is 5.32 Å². The van der Waals surface area contributed by atoms with Crippen LogP contribution in [0.4, 0.5) is 0 Å². The third-order valence-electron chi connectivity index (χ3n) is 4.54. The fourth-order valence-corrected chi connectivity index (χ4v) is 3.26. The molecule has 0 radical (unpaired) electrons. The highest BCUT2D eigenvalue weighted by molar-refractivity contribution is 4.99. The maximum atomic E-state index is 4.66. The quantitative estimate of drug-likeness (QED) is 0.880. The monoisotopic (exact) mass is 263 g/mol. The van der Waals surface area contributed by atoms with Gasteiger partial charge in [-0.1, -0.05) is 20.8 Å². The van der Waals surface area contributed by atoms with Crippen molar-refractivity contribution >= 4 is 0 Å². The predicted octanol–water partition coefficient (Wildman–Crippen LogP) is 3.56. The molecule has 0 aliphatic heterocycles. The molecule has 0 amide bonds. The second kappa shape index (κ2) is 6.56. The maximum absolute atomic E-state index is 4.66. The van der Waals surface area contributed by atoms with Crippen molar-refractivity contribution < 1.29 is 0 Å². The molecule has 1 fully saturated rings. The molecule has 0 spiro atoms. The number of hydrogen-bond acceptors (Lipinski definition) is 2. The topological polar surface area (TPSA) is 29.9 Å². The lowest BCUT2D eigenvalue weighted by atomic mass is 9.77. The van der Waals surface area contributed by atoms with Crippen molar-refractivity contribution in [3.8, 4) is 0 Å². The highest BCUT2D eigenvalue weighted by Gasteiger charge is 2.32. The minimum Gasteiger partial charge on any atom is -0.312 e. The molecule has 1 N–H and O–H groups in total. The summed E-state index contributed by atoms with van der Waals surface area (Å²) in [6.45, 7) is 10.1. The van der Waals surface area contributed by atoms with Crippen LogP contribution in [0.3, 0.4) is 0 Å². The maximum Gasteiger partial charge on any atom is 0.0674 e. The predicted molar refractivity (Wildman–Crippen MR) is 80.3 cm³/mol. The summed E-state index contributed by atoms with van der Waals surface area (Å²) < 4.78 is 2.21. The fourth-order valence-electron chi connectivity index (χ4n) is 3.26. The molecule has 1 aliphatic rings. The zero-order valence-electron chi connectivity index (χ0n) is 12.9. The van der Waals surface area contributed by atoms with Gasteiger partial charge in [0, 0.05) is 12.2 Å². The van der Waals surface area contributed by atoms with Crippen LogP contribution in [-0.4, -0.2) is 22.4 Å². The number of nitrogens with one attached hydrogen (secondary N) is 1. The Hall–Kier alpha value is -0.830. The average molecular weight is 263 g/mol. The lowest BCUT2D eigenvalue weighted by molar-refractivity contribution is 0.162. The third kappa shape index (κ3) is 3.59. The number of aryl methyl sites for hydroxylation is 1. The molecular formula is C16H29N3. The molecule has 2 rings (SSSR count). The summed E-state index contributed by atoms with van der Waals surface area (Å²) in [5, 5.41) is 8.39. The van der Waals surface area contributed by atoms with E-state index in [1.807, 2.05) is 0 Å². The highest BCUT2D eigenvalue weighted by Crippen LogP contribution is 2.36. The standard InChI is InChI=1S/C16H29N3/c1-5-9-17-15-7-6-14(12(2)3)11-16(15)19-10-8-13(4)18-19/h8,10,12,14-17H,5-7,9,11H2,1-4H3. The summed E-state index contributed by atoms with van der Waals surface area (Å²) in [6, 6.07) is 3.24. The first-order chi connectivity index (χ1) is 9.11. The second-order valence-electron chi connectivity index (χ2n) is 6.38. The number of aromatic nitrogens is 2. The normalized spacial score (nSPS) is 27.9. The van der Waals surface area contributed by atoms with E-state index in [9.17, 15) is 0 Å². The van der Waals surface area contributed by atoms with Crippen molar-refractivity contribution in [1.82, 2.24) is 15.1 Å². The molecule has 1 aromatic rings. The van der Waals surface area contributed by atoms with Crippen LogP contribution in [0.25, 0.3) is 0 Å². The molecule has 3 heteroatoms. The van der Waals surface area contributed by atoms with Crippen LogP contribution in [0.5, 0.6) is 0 Å². The largest absolute Gasteiger partial charge is 0.312 e. The molecule has 1 aliphatic carbocycles. The Bertz CT molecular complexity index is 383. The Labute approximate surface area is 117 Å². The van der Waals surface area contributed by atoms with Crippen molar-refractivity contribution in [3.05, 3.63) is 18.0 Å². The Morgan fingerprint density at radius 3 is 2.79 bits per heavy atom. The average Bonchev–Trinajstić information content (AvgIpc) is 2.82. The first-order valence-corrected chi connectivity index (χ1v) is 7.87. The van der Waals surface area contributed by atoms with Crippen LogP contribution >= 0.6 is 0 Å². The first kappa shape index (κ1) is 14.6. The Morgan fingerprint density at radius 1 is 1.42 bits per heavy atom. The molecule has 1 heterocycles. The van der Waals surface area contributed by atoms with Gasteiger partial charge in [0.2, 0.25) is 0 Å². The summed E-state index contributed by atoms with van der Waals surface area (Å²) >= 11 is 0. The van der Waals surface area contributed by atoms with E-state index in [0.29, 0.717) is 12.1 Å². The van der Waals surface area contributed by atoms with Crippen LogP contribution in [0.1, 0.15) is 58.2 Å². The number of hydrogen-bond donors (Lipinski definition) is 1. The van der Waals surface area contributed by atoms with Gasteiger partial charge in [0.05, 0.1) is 11.7 Å². The molecule has 0 aromatic carbocycles. The van der Waals surface area contributed by atoms with E-state index < -0.39 is 0 Å². The van der Waals surface area contributed by atoms with Gasteiger partial charge >= 0.3 is 0 Å². The molecule has 3 atom stereocenters. The van der Waals surface area contributed by atoms with Crippen LogP contribution in [-0.2, 0) is 0 Å². The highest BCUT2D eigenvalue weighted by atomic mass is 15.3. The molecule has 3 unspecified atom stereocenters. The van der Waals surface area contributed by atoms with Gasteiger partial charge in [-0.25, -0.2) is 0 Å². The first-order valence-electron chi connectivity index (χ1n) is 7.87. The van der Waals surface area contributed by atoms with E-state index in [2.05, 4.69) is 55.1 Å². The van der Waals surface area contributed by atoms with E-state index in [1.54, 1.807) is 0 Å². The van der Waals surface area contributed by atoms with Gasteiger partial charge in [-0.2, -0.15) is 5.10 Å². The van der Waals surface area contributed by atoms with Gasteiger partial charge in [-0.3, -0.25) is 4.68 Å². The smallest absolute Gasteiger partial charge is 0.0674 e. The van der Waals surface area contributed by atoms with Gasteiger partial charge in [-0.05, 0) is 57.1 Å². The second-order valence-corrected chi connectivity index (χ2v) is 6.38. The minimum atomic E-state index is 0.529. The Balaban J connectivity index is 2.10. The number of rotatable bonds is 5. The van der Waals surface area contributed by atoms with Gasteiger partial charge in [-0.15, -0.1) is 0 Å². The Kier molecular flexibility index (Phi) is 5.03. The number of nitrogens with zero attached hydrogens (tertiary/aromatic N) is 2. The van der Waals surface area contributed by atoms with E-state index >= 15 is 0 Å². The van der Waals surface area contributed by atoms with Gasteiger partial charge in [0.1, 0.15) is 0 Å². The zero-order chi connectivity index (χ0) is 13.8. The van der Waals surface area contributed by atoms with Crippen molar-refractivity contribution in [2.24, 2.45) is 11.8 Å². The molecule has 1 aromatic heterocycles. The molecule has 1 saturated carbocycles. The zero-order valence-corrected chi connectivity index (χ0v) is 12.9. The molecule has 0 saturated heterocycles. The molecule has 108 valence electrons. The lowest BCUT2D eigenvalue weighted by Crippen LogP contribution is -2.43. The van der Waals surface area contributed by atoms with Crippen molar-refractivity contribution in [3.63, 3.8) is 0 Å². The summed E-state index contributed by atoms with van der Waals surface area (Å²) in [7, 11) is 0. The third-order valence-corrected chi connectivity index (χ3v) is 4.54. The minimum absolute atomic E-state index is 0.529. The van der Waals surface area contributed by atoms with E-state index in [1.165, 1.54) is 25.7 Å². The molecular weight excluding hydrogens is 234 g/mol. The SMILES string of the molecule is CCCNC1CCC(C(C)C)CC1n1ccc(C)n1. The van der Waals surface area contributed by atoms with Crippen molar-refractivity contribution in [2.75, 3.05) is 6.54 Å². The van der Waals surface area contributed by atoms with E-state index in [4.69, 9.17) is 0 Å².